The molecule has 108 valence electrons. The number of aromatic nitrogens is 4. The van der Waals surface area contributed by atoms with E-state index in [4.69, 9.17) is 8.94 Å². The van der Waals surface area contributed by atoms with E-state index in [9.17, 15) is 0 Å². The number of hydrogen-bond donors (Lipinski definition) is 1. The van der Waals surface area contributed by atoms with Crippen LogP contribution in [-0.4, -0.2) is 26.2 Å². The molecular weight excluding hydrogens is 270 g/mol. The molecule has 0 aliphatic heterocycles. The van der Waals surface area contributed by atoms with E-state index in [0.717, 1.165) is 17.9 Å². The van der Waals surface area contributed by atoms with Crippen molar-refractivity contribution in [3.05, 3.63) is 42.0 Å². The molecular formula is C14H15N5O2. The highest BCUT2D eigenvalue weighted by molar-refractivity contribution is 5.49. The van der Waals surface area contributed by atoms with Crippen LogP contribution in [-0.2, 0) is 13.1 Å². The summed E-state index contributed by atoms with van der Waals surface area (Å²) in [6, 6.07) is 6.17. The first-order valence-electron chi connectivity index (χ1n) is 6.99. The average Bonchev–Trinajstić information content (AvgIpc) is 2.93. The molecule has 0 amide bonds. The molecule has 0 spiro atoms. The molecule has 1 fully saturated rings. The second-order valence-electron chi connectivity index (χ2n) is 5.22. The van der Waals surface area contributed by atoms with Crippen LogP contribution in [0.2, 0.25) is 0 Å². The van der Waals surface area contributed by atoms with E-state index < -0.39 is 0 Å². The summed E-state index contributed by atoms with van der Waals surface area (Å²) >= 11 is 0. The SMILES string of the molecule is c1coc(-c2cc(Cn3cc(CNC4CC4)nn3)no2)c1. The molecule has 3 heterocycles. The molecule has 1 N–H and O–H groups in total. The Labute approximate surface area is 120 Å². The predicted octanol–water partition coefficient (Wildman–Crippen LogP) is 1.83. The highest BCUT2D eigenvalue weighted by Gasteiger charge is 2.20. The Balaban J connectivity index is 1.41. The molecule has 1 aliphatic rings. The fourth-order valence-electron chi connectivity index (χ4n) is 2.12. The second-order valence-corrected chi connectivity index (χ2v) is 5.22. The Hall–Kier alpha value is -2.41. The van der Waals surface area contributed by atoms with E-state index >= 15 is 0 Å². The summed E-state index contributed by atoms with van der Waals surface area (Å²) in [5, 5.41) is 15.7. The number of furan rings is 1. The molecule has 0 saturated heterocycles. The van der Waals surface area contributed by atoms with Crippen LogP contribution in [0, 0.1) is 0 Å². The minimum atomic E-state index is 0.528. The van der Waals surface area contributed by atoms with Crippen molar-refractivity contribution >= 4 is 0 Å². The quantitative estimate of drug-likeness (QED) is 0.744. The van der Waals surface area contributed by atoms with Gasteiger partial charge in [-0.15, -0.1) is 5.10 Å². The standard InChI is InChI=1S/C14H15N5O2/c1-2-13(20-5-1)14-6-11(17-21-14)8-19-9-12(16-18-19)7-15-10-3-4-10/h1-2,5-6,9-10,15H,3-4,7-8H2. The van der Waals surface area contributed by atoms with Crippen molar-refractivity contribution in [3.8, 4) is 11.5 Å². The van der Waals surface area contributed by atoms with Gasteiger partial charge >= 0.3 is 0 Å². The van der Waals surface area contributed by atoms with Gasteiger partial charge in [-0.25, -0.2) is 4.68 Å². The molecule has 4 rings (SSSR count). The van der Waals surface area contributed by atoms with E-state index in [-0.39, 0.29) is 0 Å². The summed E-state index contributed by atoms with van der Waals surface area (Å²) in [5.74, 6) is 1.28. The Kier molecular flexibility index (Phi) is 3.04. The summed E-state index contributed by atoms with van der Waals surface area (Å²) in [4.78, 5) is 0. The number of nitrogens with zero attached hydrogens (tertiary/aromatic N) is 4. The first kappa shape index (κ1) is 12.3. The molecule has 7 heteroatoms. The summed E-state index contributed by atoms with van der Waals surface area (Å²) in [7, 11) is 0. The molecule has 0 unspecified atom stereocenters. The Morgan fingerprint density at radius 3 is 3.05 bits per heavy atom. The lowest BCUT2D eigenvalue weighted by atomic mass is 10.3. The van der Waals surface area contributed by atoms with Gasteiger partial charge in [0.25, 0.3) is 0 Å². The highest BCUT2D eigenvalue weighted by atomic mass is 16.5. The Morgan fingerprint density at radius 2 is 2.24 bits per heavy atom. The van der Waals surface area contributed by atoms with Crippen LogP contribution in [0.3, 0.4) is 0 Å². The number of nitrogens with one attached hydrogen (secondary N) is 1. The van der Waals surface area contributed by atoms with Gasteiger partial charge in [-0.1, -0.05) is 10.4 Å². The third kappa shape index (κ3) is 2.87. The maximum absolute atomic E-state index is 5.27. The van der Waals surface area contributed by atoms with Crippen LogP contribution in [0.5, 0.6) is 0 Å². The van der Waals surface area contributed by atoms with E-state index in [1.807, 2.05) is 24.4 Å². The summed E-state index contributed by atoms with van der Waals surface area (Å²) in [6.45, 7) is 1.29. The predicted molar refractivity (Wildman–Crippen MR) is 73.2 cm³/mol. The van der Waals surface area contributed by atoms with Crippen molar-refractivity contribution in [1.29, 1.82) is 0 Å². The van der Waals surface area contributed by atoms with Crippen molar-refractivity contribution in [3.63, 3.8) is 0 Å². The Bertz CT molecular complexity index is 711. The topological polar surface area (TPSA) is 81.9 Å². The third-order valence-corrected chi connectivity index (χ3v) is 3.38. The van der Waals surface area contributed by atoms with Gasteiger partial charge in [0, 0.05) is 18.7 Å². The van der Waals surface area contributed by atoms with Crippen molar-refractivity contribution in [2.45, 2.75) is 32.0 Å². The van der Waals surface area contributed by atoms with Crippen LogP contribution >= 0.6 is 0 Å². The molecule has 0 atom stereocenters. The molecule has 0 aromatic carbocycles. The van der Waals surface area contributed by atoms with E-state index in [1.54, 1.807) is 10.9 Å². The van der Waals surface area contributed by atoms with Gasteiger partial charge in [-0.3, -0.25) is 0 Å². The molecule has 1 aliphatic carbocycles. The van der Waals surface area contributed by atoms with E-state index in [2.05, 4.69) is 20.8 Å². The minimum Gasteiger partial charge on any atom is -0.461 e. The largest absolute Gasteiger partial charge is 0.461 e. The minimum absolute atomic E-state index is 0.528. The number of hydrogen-bond acceptors (Lipinski definition) is 6. The van der Waals surface area contributed by atoms with Gasteiger partial charge in [0.2, 0.25) is 5.76 Å². The van der Waals surface area contributed by atoms with Crippen LogP contribution in [0.25, 0.3) is 11.5 Å². The third-order valence-electron chi connectivity index (χ3n) is 3.38. The molecule has 21 heavy (non-hydrogen) atoms. The van der Waals surface area contributed by atoms with Crippen molar-refractivity contribution in [2.24, 2.45) is 0 Å². The normalized spacial score (nSPS) is 14.7. The zero-order valence-corrected chi connectivity index (χ0v) is 11.4. The van der Waals surface area contributed by atoms with E-state index in [0.29, 0.717) is 24.1 Å². The lowest BCUT2D eigenvalue weighted by Crippen LogP contribution is -2.15. The Morgan fingerprint density at radius 1 is 1.29 bits per heavy atom. The van der Waals surface area contributed by atoms with Crippen molar-refractivity contribution in [2.75, 3.05) is 0 Å². The molecule has 3 aromatic rings. The monoisotopic (exact) mass is 285 g/mol. The number of rotatable bonds is 6. The summed E-state index contributed by atoms with van der Waals surface area (Å²) in [5.41, 5.74) is 1.73. The van der Waals surface area contributed by atoms with Gasteiger partial charge in [-0.2, -0.15) is 0 Å². The molecule has 1 saturated carbocycles. The van der Waals surface area contributed by atoms with Gasteiger partial charge < -0.3 is 14.3 Å². The fourth-order valence-corrected chi connectivity index (χ4v) is 2.12. The van der Waals surface area contributed by atoms with Crippen LogP contribution in [0.15, 0.2) is 39.6 Å². The summed E-state index contributed by atoms with van der Waals surface area (Å²) in [6.07, 6.45) is 6.07. The second kappa shape index (κ2) is 5.17. The lowest BCUT2D eigenvalue weighted by molar-refractivity contribution is 0.407. The van der Waals surface area contributed by atoms with Gasteiger partial charge in [0.05, 0.1) is 24.7 Å². The smallest absolute Gasteiger partial charge is 0.202 e. The van der Waals surface area contributed by atoms with Gasteiger partial charge in [0.1, 0.15) is 5.69 Å². The summed E-state index contributed by atoms with van der Waals surface area (Å²) < 4.78 is 12.3. The lowest BCUT2D eigenvalue weighted by Gasteiger charge is -1.96. The molecule has 3 aromatic heterocycles. The first-order valence-corrected chi connectivity index (χ1v) is 6.99. The highest BCUT2D eigenvalue weighted by Crippen LogP contribution is 2.21. The first-order chi connectivity index (χ1) is 10.4. The van der Waals surface area contributed by atoms with Gasteiger partial charge in [0.15, 0.2) is 5.76 Å². The zero-order chi connectivity index (χ0) is 14.1. The fraction of sp³-hybridized carbons (Fsp3) is 0.357. The molecule has 0 bridgehead atoms. The van der Waals surface area contributed by atoms with Gasteiger partial charge in [-0.05, 0) is 25.0 Å². The van der Waals surface area contributed by atoms with Crippen LogP contribution in [0.4, 0.5) is 0 Å². The maximum Gasteiger partial charge on any atom is 0.202 e. The van der Waals surface area contributed by atoms with Crippen LogP contribution < -0.4 is 5.32 Å². The van der Waals surface area contributed by atoms with Crippen LogP contribution in [0.1, 0.15) is 24.2 Å². The molecule has 0 radical (unpaired) electrons. The maximum atomic E-state index is 5.27. The molecule has 7 nitrogen and oxygen atoms in total. The van der Waals surface area contributed by atoms with Crippen molar-refractivity contribution < 1.29 is 8.94 Å². The average molecular weight is 285 g/mol. The van der Waals surface area contributed by atoms with Crippen molar-refractivity contribution in [1.82, 2.24) is 25.5 Å². The zero-order valence-electron chi connectivity index (χ0n) is 11.4. The van der Waals surface area contributed by atoms with E-state index in [1.165, 1.54) is 12.8 Å².